The highest BCUT2D eigenvalue weighted by molar-refractivity contribution is 6.18. The van der Waals surface area contributed by atoms with E-state index in [9.17, 15) is 13.2 Å². The molecule has 0 spiro atoms. The van der Waals surface area contributed by atoms with Gasteiger partial charge in [0.25, 0.3) is 0 Å². The van der Waals surface area contributed by atoms with Crippen LogP contribution in [0, 0.1) is 11.8 Å². The van der Waals surface area contributed by atoms with Gasteiger partial charge in [-0.25, -0.2) is 0 Å². The van der Waals surface area contributed by atoms with Gasteiger partial charge in [-0.05, 0) is 6.07 Å². The maximum atomic E-state index is 11.8. The molecule has 0 aliphatic carbocycles. The molecule has 110 valence electrons. The Bertz CT molecular complexity index is 469. The minimum Gasteiger partial charge on any atom is -0.490 e. The van der Waals surface area contributed by atoms with E-state index in [4.69, 9.17) is 16.3 Å². The number of rotatable bonds is 6. The molecule has 1 heterocycles. The second kappa shape index (κ2) is 8.67. The Morgan fingerprint density at radius 2 is 2.05 bits per heavy atom. The molecule has 0 atom stereocenters. The zero-order valence-corrected chi connectivity index (χ0v) is 11.3. The van der Waals surface area contributed by atoms with Crippen molar-refractivity contribution in [2.75, 3.05) is 25.7 Å². The second-order valence-corrected chi connectivity index (χ2v) is 4.04. The average Bonchev–Trinajstić information content (AvgIpc) is 2.38. The summed E-state index contributed by atoms with van der Waals surface area (Å²) in [5.41, 5.74) is 0.656. The van der Waals surface area contributed by atoms with Crippen molar-refractivity contribution in [3.63, 3.8) is 0 Å². The first-order valence-corrected chi connectivity index (χ1v) is 6.32. The molecule has 0 aliphatic heterocycles. The topological polar surface area (TPSA) is 31.4 Å². The summed E-state index contributed by atoms with van der Waals surface area (Å²) < 4.78 is 45.1. The molecular weight excluding hydrogens is 295 g/mol. The zero-order valence-electron chi connectivity index (χ0n) is 10.5. The Balaban J connectivity index is 2.34. The maximum Gasteiger partial charge on any atom is 0.411 e. The minimum absolute atomic E-state index is 0.0102. The summed E-state index contributed by atoms with van der Waals surface area (Å²) in [4.78, 5) is 3.92. The molecule has 0 saturated carbocycles. The van der Waals surface area contributed by atoms with Crippen LogP contribution < -0.4 is 4.74 Å². The van der Waals surface area contributed by atoms with Crippen LogP contribution in [0.4, 0.5) is 13.2 Å². The van der Waals surface area contributed by atoms with Crippen molar-refractivity contribution >= 4 is 11.6 Å². The van der Waals surface area contributed by atoms with Crippen molar-refractivity contribution in [3.8, 4) is 17.6 Å². The third-order valence-electron chi connectivity index (χ3n) is 1.93. The highest BCUT2D eigenvalue weighted by Crippen LogP contribution is 2.14. The lowest BCUT2D eigenvalue weighted by atomic mass is 10.3. The van der Waals surface area contributed by atoms with Gasteiger partial charge >= 0.3 is 6.18 Å². The number of alkyl halides is 4. The molecule has 0 unspecified atom stereocenters. The summed E-state index contributed by atoms with van der Waals surface area (Å²) in [6.45, 7) is -1.42. The van der Waals surface area contributed by atoms with E-state index in [1.807, 2.05) is 0 Å². The molecule has 0 fully saturated rings. The Hall–Kier alpha value is -1.45. The van der Waals surface area contributed by atoms with Gasteiger partial charge < -0.3 is 9.47 Å². The van der Waals surface area contributed by atoms with E-state index in [1.54, 1.807) is 12.3 Å². The Kier molecular flexibility index (Phi) is 7.20. The molecule has 1 aromatic rings. The van der Waals surface area contributed by atoms with Gasteiger partial charge in [0.1, 0.15) is 19.0 Å². The second-order valence-electron chi connectivity index (χ2n) is 3.67. The number of halogens is 4. The molecule has 0 bridgehead atoms. The fraction of sp³-hybridized carbons (Fsp3) is 0.462. The molecule has 7 heteroatoms. The van der Waals surface area contributed by atoms with Crippen molar-refractivity contribution in [1.29, 1.82) is 0 Å². The van der Waals surface area contributed by atoms with Crippen LogP contribution in [0.2, 0.25) is 0 Å². The quantitative estimate of drug-likeness (QED) is 0.460. The van der Waals surface area contributed by atoms with Gasteiger partial charge in [0.15, 0.2) is 0 Å². The first kappa shape index (κ1) is 16.6. The van der Waals surface area contributed by atoms with Crippen molar-refractivity contribution < 1.29 is 22.6 Å². The van der Waals surface area contributed by atoms with E-state index in [1.165, 1.54) is 6.20 Å². The smallest absolute Gasteiger partial charge is 0.411 e. The van der Waals surface area contributed by atoms with Crippen LogP contribution in [0.1, 0.15) is 12.0 Å². The van der Waals surface area contributed by atoms with Crippen LogP contribution in [0.15, 0.2) is 18.5 Å². The van der Waals surface area contributed by atoms with E-state index in [2.05, 4.69) is 21.6 Å². The molecule has 0 N–H and O–H groups in total. The molecule has 0 saturated heterocycles. The standard InChI is InChI=1S/C13H13ClF3NO2/c14-4-2-1-3-11-7-12(9-18-8-11)20-6-5-19-10-13(15,16)17/h7-9H,2,4-6,10H2. The predicted octanol–water partition coefficient (Wildman–Crippen LogP) is 3.02. The number of nitrogens with zero attached hydrogens (tertiary/aromatic N) is 1. The summed E-state index contributed by atoms with van der Waals surface area (Å²) >= 11 is 5.49. The lowest BCUT2D eigenvalue weighted by Gasteiger charge is -2.08. The fourth-order valence-electron chi connectivity index (χ4n) is 1.18. The largest absolute Gasteiger partial charge is 0.490 e. The predicted molar refractivity (Wildman–Crippen MR) is 68.8 cm³/mol. The summed E-state index contributed by atoms with van der Waals surface area (Å²) in [5, 5.41) is 0. The molecule has 1 rings (SSSR count). The van der Waals surface area contributed by atoms with Crippen molar-refractivity contribution in [3.05, 3.63) is 24.0 Å². The molecule has 0 aliphatic rings. The molecule has 0 amide bonds. The normalized spacial score (nSPS) is 10.8. The van der Waals surface area contributed by atoms with Crippen LogP contribution in [-0.4, -0.2) is 36.9 Å². The molecule has 20 heavy (non-hydrogen) atoms. The maximum absolute atomic E-state index is 11.8. The van der Waals surface area contributed by atoms with E-state index >= 15 is 0 Å². The molecule has 0 radical (unpaired) electrons. The van der Waals surface area contributed by atoms with Crippen LogP contribution in [-0.2, 0) is 4.74 Å². The lowest BCUT2D eigenvalue weighted by Crippen LogP contribution is -2.19. The average molecular weight is 308 g/mol. The van der Waals surface area contributed by atoms with Gasteiger partial charge in [0.05, 0.1) is 12.8 Å². The Morgan fingerprint density at radius 3 is 2.75 bits per heavy atom. The minimum atomic E-state index is -4.32. The molecule has 0 aromatic carbocycles. The zero-order chi connectivity index (χ0) is 14.8. The third kappa shape index (κ3) is 7.87. The summed E-state index contributed by atoms with van der Waals surface area (Å²) in [5.74, 6) is 6.58. The van der Waals surface area contributed by atoms with E-state index in [0.717, 1.165) is 0 Å². The van der Waals surface area contributed by atoms with Crippen molar-refractivity contribution in [2.45, 2.75) is 12.6 Å². The number of aromatic nitrogens is 1. The van der Waals surface area contributed by atoms with E-state index in [0.29, 0.717) is 23.6 Å². The molecule has 3 nitrogen and oxygen atoms in total. The number of pyridine rings is 1. The van der Waals surface area contributed by atoms with Crippen LogP contribution >= 0.6 is 11.6 Å². The number of hydrogen-bond acceptors (Lipinski definition) is 3. The van der Waals surface area contributed by atoms with E-state index < -0.39 is 12.8 Å². The lowest BCUT2D eigenvalue weighted by molar-refractivity contribution is -0.175. The van der Waals surface area contributed by atoms with Gasteiger partial charge in [-0.1, -0.05) is 11.8 Å². The molecular formula is C13H13ClF3NO2. The summed E-state index contributed by atoms with van der Waals surface area (Å²) in [6.07, 6.45) is -0.734. The van der Waals surface area contributed by atoms with Crippen LogP contribution in [0.5, 0.6) is 5.75 Å². The highest BCUT2D eigenvalue weighted by Gasteiger charge is 2.27. The fourth-order valence-corrected chi connectivity index (χ4v) is 1.28. The highest BCUT2D eigenvalue weighted by atomic mass is 35.5. The first-order valence-electron chi connectivity index (χ1n) is 5.78. The monoisotopic (exact) mass is 307 g/mol. The van der Waals surface area contributed by atoms with Gasteiger partial charge in [-0.2, -0.15) is 13.2 Å². The Morgan fingerprint density at radius 1 is 1.25 bits per heavy atom. The molecule has 1 aromatic heterocycles. The van der Waals surface area contributed by atoms with Crippen molar-refractivity contribution in [2.24, 2.45) is 0 Å². The van der Waals surface area contributed by atoms with Gasteiger partial charge in [0, 0.05) is 24.1 Å². The van der Waals surface area contributed by atoms with Gasteiger partial charge in [0.2, 0.25) is 0 Å². The Labute approximate surface area is 120 Å². The first-order chi connectivity index (χ1) is 9.51. The van der Waals surface area contributed by atoms with Gasteiger partial charge in [-0.3, -0.25) is 4.98 Å². The van der Waals surface area contributed by atoms with Crippen molar-refractivity contribution in [1.82, 2.24) is 4.98 Å². The number of ether oxygens (including phenoxy) is 2. The van der Waals surface area contributed by atoms with Gasteiger partial charge in [-0.15, -0.1) is 11.6 Å². The number of hydrogen-bond donors (Lipinski definition) is 0. The van der Waals surface area contributed by atoms with Crippen LogP contribution in [0.3, 0.4) is 0 Å². The summed E-state index contributed by atoms with van der Waals surface area (Å²) in [6, 6.07) is 1.65. The summed E-state index contributed by atoms with van der Waals surface area (Å²) in [7, 11) is 0. The van der Waals surface area contributed by atoms with Crippen LogP contribution in [0.25, 0.3) is 0 Å². The van der Waals surface area contributed by atoms with E-state index in [-0.39, 0.29) is 13.2 Å². The third-order valence-corrected chi connectivity index (χ3v) is 2.12. The SMILES string of the molecule is FC(F)(F)COCCOc1cncc(C#CCCCl)c1.